The van der Waals surface area contributed by atoms with Gasteiger partial charge in [0.1, 0.15) is 16.6 Å². The van der Waals surface area contributed by atoms with Crippen molar-refractivity contribution in [3.8, 4) is 0 Å². The van der Waals surface area contributed by atoms with Crippen molar-refractivity contribution in [2.24, 2.45) is 5.41 Å². The van der Waals surface area contributed by atoms with Crippen molar-refractivity contribution in [3.63, 3.8) is 0 Å². The van der Waals surface area contributed by atoms with Crippen molar-refractivity contribution < 1.29 is 4.74 Å². The fourth-order valence-electron chi connectivity index (χ4n) is 1.84. The molecule has 0 aliphatic carbocycles. The second-order valence-corrected chi connectivity index (χ2v) is 6.33. The van der Waals surface area contributed by atoms with E-state index in [1.165, 1.54) is 0 Å². The summed E-state index contributed by atoms with van der Waals surface area (Å²) in [6, 6.07) is 1.93. The molecule has 1 unspecified atom stereocenters. The molecule has 0 fully saturated rings. The highest BCUT2D eigenvalue weighted by Gasteiger charge is 2.29. The minimum Gasteiger partial charge on any atom is -0.370 e. The normalized spacial score (nSPS) is 13.9. The Morgan fingerprint density at radius 2 is 2.00 bits per heavy atom. The average Bonchev–Trinajstić information content (AvgIpc) is 2.23. The van der Waals surface area contributed by atoms with Gasteiger partial charge in [-0.2, -0.15) is 0 Å². The molecule has 4 heteroatoms. The Morgan fingerprint density at radius 1 is 1.39 bits per heavy atom. The largest absolute Gasteiger partial charge is 0.370 e. The lowest BCUT2D eigenvalue weighted by molar-refractivity contribution is -0.0193. The number of ether oxygens (including phenoxy) is 1. The van der Waals surface area contributed by atoms with Gasteiger partial charge in [0.2, 0.25) is 0 Å². The van der Waals surface area contributed by atoms with Crippen LogP contribution in [-0.4, -0.2) is 16.6 Å². The number of rotatable bonds is 4. The molecular weight excluding hydrogens is 244 g/mol. The Balaban J connectivity index is 3.24. The fourth-order valence-corrected chi connectivity index (χ4v) is 2.06. The third kappa shape index (κ3) is 3.89. The molecule has 1 aromatic heterocycles. The van der Waals surface area contributed by atoms with Crippen LogP contribution in [0.3, 0.4) is 0 Å². The van der Waals surface area contributed by atoms with E-state index in [-0.39, 0.29) is 11.5 Å². The van der Waals surface area contributed by atoms with Gasteiger partial charge >= 0.3 is 0 Å². The van der Waals surface area contributed by atoms with Crippen molar-refractivity contribution in [2.45, 2.75) is 53.6 Å². The Morgan fingerprint density at radius 3 is 2.44 bits per heavy atom. The molecule has 0 spiro atoms. The van der Waals surface area contributed by atoms with Gasteiger partial charge in [0.05, 0.1) is 0 Å². The highest BCUT2D eigenvalue weighted by atomic mass is 32.1. The molecule has 0 bridgehead atoms. The SMILES string of the molecule is CCOC(c1nc(=S)cc(C(C)C)[nH]1)C(C)(C)C. The van der Waals surface area contributed by atoms with Crippen molar-refractivity contribution >= 4 is 12.2 Å². The van der Waals surface area contributed by atoms with Crippen molar-refractivity contribution in [2.75, 3.05) is 6.61 Å². The maximum atomic E-state index is 5.84. The summed E-state index contributed by atoms with van der Waals surface area (Å²) in [7, 11) is 0. The number of aromatic amines is 1. The van der Waals surface area contributed by atoms with E-state index in [0.717, 1.165) is 11.5 Å². The second-order valence-electron chi connectivity index (χ2n) is 5.92. The Bertz CT molecular complexity index is 446. The molecule has 0 aliphatic rings. The highest BCUT2D eigenvalue weighted by Crippen LogP contribution is 2.34. The zero-order valence-electron chi connectivity index (χ0n) is 12.2. The van der Waals surface area contributed by atoms with Crippen molar-refractivity contribution in [3.05, 3.63) is 22.2 Å². The van der Waals surface area contributed by atoms with Gasteiger partial charge in [-0.3, -0.25) is 0 Å². The van der Waals surface area contributed by atoms with Crippen LogP contribution in [0.2, 0.25) is 0 Å². The minimum absolute atomic E-state index is 0.0170. The summed E-state index contributed by atoms with van der Waals surface area (Å²) in [5, 5.41) is 0. The lowest BCUT2D eigenvalue weighted by atomic mass is 9.88. The molecule has 0 radical (unpaired) electrons. The number of nitrogens with one attached hydrogen (secondary N) is 1. The number of hydrogen-bond acceptors (Lipinski definition) is 3. The van der Waals surface area contributed by atoms with E-state index >= 15 is 0 Å². The van der Waals surface area contributed by atoms with Crippen LogP contribution >= 0.6 is 12.2 Å². The van der Waals surface area contributed by atoms with E-state index in [0.29, 0.717) is 17.2 Å². The molecule has 0 saturated heterocycles. The molecule has 1 N–H and O–H groups in total. The molecule has 0 aliphatic heterocycles. The average molecular weight is 268 g/mol. The number of aromatic nitrogens is 2. The van der Waals surface area contributed by atoms with Gasteiger partial charge in [0, 0.05) is 12.3 Å². The van der Waals surface area contributed by atoms with E-state index in [1.54, 1.807) is 0 Å². The first-order valence-electron chi connectivity index (χ1n) is 6.48. The number of nitrogens with zero attached hydrogens (tertiary/aromatic N) is 1. The smallest absolute Gasteiger partial charge is 0.137 e. The van der Waals surface area contributed by atoms with E-state index < -0.39 is 0 Å². The topological polar surface area (TPSA) is 37.9 Å². The van der Waals surface area contributed by atoms with Gasteiger partial charge in [-0.1, -0.05) is 46.8 Å². The predicted octanol–water partition coefficient (Wildman–Crippen LogP) is 4.39. The van der Waals surface area contributed by atoms with Crippen LogP contribution in [0.4, 0.5) is 0 Å². The molecular formula is C14H24N2OS. The third-order valence-corrected chi connectivity index (χ3v) is 2.98. The first-order valence-corrected chi connectivity index (χ1v) is 6.89. The molecule has 0 saturated carbocycles. The van der Waals surface area contributed by atoms with Crippen molar-refractivity contribution in [1.29, 1.82) is 0 Å². The summed E-state index contributed by atoms with van der Waals surface area (Å²) in [6.45, 7) is 13.4. The van der Waals surface area contributed by atoms with Gasteiger partial charge in [-0.25, -0.2) is 4.98 Å². The molecule has 1 heterocycles. The van der Waals surface area contributed by atoms with E-state index in [2.05, 4.69) is 44.6 Å². The van der Waals surface area contributed by atoms with E-state index in [1.807, 2.05) is 13.0 Å². The minimum atomic E-state index is -0.0668. The zero-order valence-corrected chi connectivity index (χ0v) is 13.0. The van der Waals surface area contributed by atoms with E-state index in [4.69, 9.17) is 17.0 Å². The fraction of sp³-hybridized carbons (Fsp3) is 0.714. The van der Waals surface area contributed by atoms with Crippen LogP contribution < -0.4 is 0 Å². The highest BCUT2D eigenvalue weighted by molar-refractivity contribution is 7.71. The standard InChI is InChI=1S/C14H24N2OS/c1-7-17-12(14(4,5)6)13-15-10(9(2)3)8-11(18)16-13/h8-9,12H,7H2,1-6H3,(H,15,16,18). The summed E-state index contributed by atoms with van der Waals surface area (Å²) in [5.41, 5.74) is 1.09. The maximum Gasteiger partial charge on any atom is 0.137 e. The first kappa shape index (κ1) is 15.3. The lowest BCUT2D eigenvalue weighted by Crippen LogP contribution is -2.24. The summed E-state index contributed by atoms with van der Waals surface area (Å²) >= 11 is 5.25. The molecule has 0 amide bonds. The maximum absolute atomic E-state index is 5.84. The van der Waals surface area contributed by atoms with Crippen molar-refractivity contribution in [1.82, 2.24) is 9.97 Å². The lowest BCUT2D eigenvalue weighted by Gasteiger charge is -2.30. The number of H-pyrrole nitrogens is 1. The summed E-state index contributed by atoms with van der Waals surface area (Å²) in [4.78, 5) is 7.81. The Kier molecular flexibility index (Phi) is 5.05. The molecule has 1 aromatic rings. The molecule has 1 rings (SSSR count). The summed E-state index contributed by atoms with van der Waals surface area (Å²) < 4.78 is 6.47. The Hall–Kier alpha value is -0.740. The van der Waals surface area contributed by atoms with Gasteiger partial charge in [-0.05, 0) is 24.3 Å². The second kappa shape index (κ2) is 5.93. The molecule has 0 aromatic carbocycles. The van der Waals surface area contributed by atoms with Crippen LogP contribution in [0.25, 0.3) is 0 Å². The summed E-state index contributed by atoms with van der Waals surface area (Å²) in [6.07, 6.45) is -0.0668. The molecule has 1 atom stereocenters. The van der Waals surface area contributed by atoms with Crippen LogP contribution in [0.15, 0.2) is 6.07 Å². The summed E-state index contributed by atoms with van der Waals surface area (Å²) in [5.74, 6) is 1.23. The van der Waals surface area contributed by atoms with Gasteiger partial charge < -0.3 is 9.72 Å². The van der Waals surface area contributed by atoms with Crippen LogP contribution in [-0.2, 0) is 4.74 Å². The molecule has 102 valence electrons. The quantitative estimate of drug-likeness (QED) is 0.823. The Labute approximate surface area is 115 Å². The van der Waals surface area contributed by atoms with Crippen LogP contribution in [0, 0.1) is 10.1 Å². The van der Waals surface area contributed by atoms with Gasteiger partial charge in [0.15, 0.2) is 0 Å². The monoisotopic (exact) mass is 268 g/mol. The first-order chi connectivity index (χ1) is 8.25. The zero-order chi connectivity index (χ0) is 13.9. The van der Waals surface area contributed by atoms with E-state index in [9.17, 15) is 0 Å². The van der Waals surface area contributed by atoms with Gasteiger partial charge in [0.25, 0.3) is 0 Å². The number of hydrogen-bond donors (Lipinski definition) is 1. The van der Waals surface area contributed by atoms with Crippen LogP contribution in [0.5, 0.6) is 0 Å². The molecule has 3 nitrogen and oxygen atoms in total. The van der Waals surface area contributed by atoms with Crippen LogP contribution in [0.1, 0.15) is 65.1 Å². The predicted molar refractivity (Wildman–Crippen MR) is 77.3 cm³/mol. The third-order valence-electron chi connectivity index (χ3n) is 2.77. The molecule has 18 heavy (non-hydrogen) atoms. The van der Waals surface area contributed by atoms with Gasteiger partial charge in [-0.15, -0.1) is 0 Å².